The number of aromatic nitrogens is 4. The third-order valence-electron chi connectivity index (χ3n) is 4.05. The van der Waals surface area contributed by atoms with Crippen LogP contribution in [-0.4, -0.2) is 34.8 Å². The number of sulfone groups is 1. The van der Waals surface area contributed by atoms with Gasteiger partial charge in [0, 0.05) is 18.0 Å². The highest BCUT2D eigenvalue weighted by Gasteiger charge is 2.20. The highest BCUT2D eigenvalue weighted by Crippen LogP contribution is 2.38. The minimum atomic E-state index is -3.45. The smallest absolute Gasteiger partial charge is 0.228 e. The van der Waals surface area contributed by atoms with E-state index in [1.807, 2.05) is 31.2 Å². The molecule has 3 aromatic heterocycles. The number of benzene rings is 1. The minimum Gasteiger partial charge on any atom is -0.429 e. The first-order chi connectivity index (χ1) is 14.3. The zero-order valence-corrected chi connectivity index (χ0v) is 18.3. The van der Waals surface area contributed by atoms with E-state index in [2.05, 4.69) is 20.2 Å². The van der Waals surface area contributed by atoms with Gasteiger partial charge in [0.15, 0.2) is 20.0 Å². The number of oxazole rings is 1. The Morgan fingerprint density at radius 1 is 1.00 bits per heavy atom. The molecular formula is C20H15ClN4O3S2. The topological polar surface area (TPSA) is 98.8 Å². The Balaban J connectivity index is 1.78. The van der Waals surface area contributed by atoms with Crippen molar-refractivity contribution >= 4 is 33.2 Å². The fourth-order valence-electron chi connectivity index (χ4n) is 2.52. The summed E-state index contributed by atoms with van der Waals surface area (Å²) in [6.45, 7) is 2.00. The van der Waals surface area contributed by atoms with Crippen molar-refractivity contribution < 1.29 is 12.8 Å². The van der Waals surface area contributed by atoms with Gasteiger partial charge in [0.2, 0.25) is 5.89 Å². The molecule has 152 valence electrons. The summed E-state index contributed by atoms with van der Waals surface area (Å²) in [6, 6.07) is 14.2. The van der Waals surface area contributed by atoms with Gasteiger partial charge in [-0.15, -0.1) is 10.2 Å². The first kappa shape index (κ1) is 20.5. The van der Waals surface area contributed by atoms with E-state index in [1.54, 1.807) is 24.4 Å². The Kier molecular flexibility index (Phi) is 5.59. The van der Waals surface area contributed by atoms with Gasteiger partial charge in [-0.2, -0.15) is 0 Å². The molecule has 30 heavy (non-hydrogen) atoms. The van der Waals surface area contributed by atoms with Crippen molar-refractivity contribution in [3.05, 3.63) is 65.3 Å². The van der Waals surface area contributed by atoms with Crippen molar-refractivity contribution in [3.63, 3.8) is 0 Å². The number of hydrogen-bond acceptors (Lipinski definition) is 8. The number of nitrogens with zero attached hydrogens (tertiary/aromatic N) is 4. The van der Waals surface area contributed by atoms with Crippen LogP contribution in [-0.2, 0) is 9.84 Å². The van der Waals surface area contributed by atoms with E-state index in [4.69, 9.17) is 16.0 Å². The third-order valence-corrected chi connectivity index (χ3v) is 6.17. The van der Waals surface area contributed by atoms with E-state index < -0.39 is 9.84 Å². The second-order valence-electron chi connectivity index (χ2n) is 6.47. The van der Waals surface area contributed by atoms with Crippen LogP contribution in [0.1, 0.15) is 5.56 Å². The largest absolute Gasteiger partial charge is 0.429 e. The molecule has 0 aliphatic heterocycles. The van der Waals surface area contributed by atoms with Gasteiger partial charge in [-0.3, -0.25) is 0 Å². The lowest BCUT2D eigenvalue weighted by Gasteiger charge is -2.01. The fraction of sp³-hybridized carbons (Fsp3) is 0.100. The average molecular weight is 459 g/mol. The van der Waals surface area contributed by atoms with Crippen molar-refractivity contribution in [2.24, 2.45) is 0 Å². The van der Waals surface area contributed by atoms with Crippen LogP contribution in [0.15, 0.2) is 74.3 Å². The minimum absolute atomic E-state index is 0.109. The quantitative estimate of drug-likeness (QED) is 0.424. The summed E-state index contributed by atoms with van der Waals surface area (Å²) in [5.41, 5.74) is 2.76. The number of hydrogen-bond donors (Lipinski definition) is 0. The summed E-state index contributed by atoms with van der Waals surface area (Å²) in [5, 5.41) is 9.40. The van der Waals surface area contributed by atoms with Gasteiger partial charge < -0.3 is 4.42 Å². The monoisotopic (exact) mass is 458 g/mol. The van der Waals surface area contributed by atoms with Crippen molar-refractivity contribution in [1.29, 1.82) is 0 Å². The Morgan fingerprint density at radius 3 is 2.37 bits per heavy atom. The summed E-state index contributed by atoms with van der Waals surface area (Å²) in [6.07, 6.45) is 2.62. The predicted octanol–water partition coefficient (Wildman–Crippen LogP) is 4.71. The molecule has 0 N–H and O–H groups in total. The van der Waals surface area contributed by atoms with Gasteiger partial charge >= 0.3 is 0 Å². The highest BCUT2D eigenvalue weighted by atomic mass is 35.5. The van der Waals surface area contributed by atoms with Crippen LogP contribution >= 0.6 is 23.4 Å². The second-order valence-corrected chi connectivity index (χ2v) is 9.86. The lowest BCUT2D eigenvalue weighted by Crippen LogP contribution is -2.02. The van der Waals surface area contributed by atoms with E-state index in [9.17, 15) is 8.42 Å². The average Bonchev–Trinajstić information content (AvgIpc) is 3.13. The molecule has 0 unspecified atom stereocenters. The predicted molar refractivity (Wildman–Crippen MR) is 114 cm³/mol. The van der Waals surface area contributed by atoms with Gasteiger partial charge in [-0.25, -0.2) is 18.4 Å². The molecule has 4 rings (SSSR count). The molecule has 1 aromatic carbocycles. The van der Waals surface area contributed by atoms with E-state index in [-0.39, 0.29) is 5.03 Å². The molecule has 0 saturated heterocycles. The van der Waals surface area contributed by atoms with Gasteiger partial charge in [0.25, 0.3) is 0 Å². The maximum absolute atomic E-state index is 11.7. The number of pyridine rings is 1. The highest BCUT2D eigenvalue weighted by molar-refractivity contribution is 7.99. The molecule has 0 amide bonds. The molecule has 10 heteroatoms. The molecule has 0 aliphatic rings. The third kappa shape index (κ3) is 4.53. The van der Waals surface area contributed by atoms with Crippen LogP contribution in [0, 0.1) is 6.92 Å². The summed E-state index contributed by atoms with van der Waals surface area (Å²) in [7, 11) is -3.45. The van der Waals surface area contributed by atoms with Crippen LogP contribution in [0.4, 0.5) is 0 Å². The van der Waals surface area contributed by atoms with Gasteiger partial charge in [0.05, 0.1) is 5.02 Å². The summed E-state index contributed by atoms with van der Waals surface area (Å²) in [4.78, 5) is 8.87. The second kappa shape index (κ2) is 8.17. The molecular weight excluding hydrogens is 444 g/mol. The lowest BCUT2D eigenvalue weighted by molar-refractivity contribution is 0.485. The molecule has 0 saturated carbocycles. The molecule has 7 nitrogen and oxygen atoms in total. The molecule has 4 aromatic rings. The summed E-state index contributed by atoms with van der Waals surface area (Å²) < 4.78 is 29.4. The van der Waals surface area contributed by atoms with Crippen LogP contribution < -0.4 is 0 Å². The van der Waals surface area contributed by atoms with Crippen molar-refractivity contribution in [3.8, 4) is 22.8 Å². The van der Waals surface area contributed by atoms with Crippen LogP contribution in [0.3, 0.4) is 0 Å². The van der Waals surface area contributed by atoms with Crippen LogP contribution in [0.5, 0.6) is 0 Å². The SMILES string of the molecule is Cc1ccc(-c2nc(-c3ccc(S(C)(=O)=O)nn3)c(Sc3ccc(Cl)cn3)o2)cc1. The van der Waals surface area contributed by atoms with Crippen molar-refractivity contribution in [2.45, 2.75) is 22.1 Å². The molecule has 0 radical (unpaired) electrons. The van der Waals surface area contributed by atoms with Crippen molar-refractivity contribution in [2.75, 3.05) is 6.26 Å². The maximum atomic E-state index is 11.7. The Morgan fingerprint density at radius 2 is 1.77 bits per heavy atom. The Hall–Kier alpha value is -2.75. The molecule has 0 spiro atoms. The Bertz CT molecular complexity index is 1290. The van der Waals surface area contributed by atoms with Crippen molar-refractivity contribution in [1.82, 2.24) is 20.2 Å². The van der Waals surface area contributed by atoms with Gasteiger partial charge in [-0.05, 0) is 55.1 Å². The Labute approximate surface area is 182 Å². The van der Waals surface area contributed by atoms with E-state index in [1.165, 1.54) is 17.8 Å². The van der Waals surface area contributed by atoms with E-state index in [0.717, 1.165) is 17.4 Å². The number of rotatable bonds is 5. The van der Waals surface area contributed by atoms with Gasteiger partial charge in [-0.1, -0.05) is 29.3 Å². The molecule has 0 bridgehead atoms. The van der Waals surface area contributed by atoms with E-state index in [0.29, 0.717) is 32.4 Å². The number of aryl methyl sites for hydroxylation is 1. The molecule has 0 aliphatic carbocycles. The first-order valence-corrected chi connectivity index (χ1v) is 11.8. The summed E-state index contributed by atoms with van der Waals surface area (Å²) >= 11 is 7.18. The fourth-order valence-corrected chi connectivity index (χ4v) is 3.93. The normalized spacial score (nSPS) is 11.6. The van der Waals surface area contributed by atoms with E-state index >= 15 is 0 Å². The van der Waals surface area contributed by atoms with Gasteiger partial charge in [0.1, 0.15) is 16.4 Å². The van der Waals surface area contributed by atoms with Crippen LogP contribution in [0.2, 0.25) is 5.02 Å². The number of halogens is 1. The zero-order chi connectivity index (χ0) is 21.3. The standard InChI is InChI=1S/C20H15ClN4O3S2/c1-12-3-5-13(6-4-12)19-23-18(15-8-10-17(25-24-15)30(2,26)27)20(28-19)29-16-9-7-14(21)11-22-16/h3-11H,1-2H3. The molecule has 0 atom stereocenters. The molecule has 0 fully saturated rings. The van der Waals surface area contributed by atoms with Crippen LogP contribution in [0.25, 0.3) is 22.8 Å². The molecule has 3 heterocycles. The first-order valence-electron chi connectivity index (χ1n) is 8.71. The zero-order valence-electron chi connectivity index (χ0n) is 15.9. The maximum Gasteiger partial charge on any atom is 0.228 e. The lowest BCUT2D eigenvalue weighted by atomic mass is 10.1. The summed E-state index contributed by atoms with van der Waals surface area (Å²) in [5.74, 6) is 0.412.